The molecule has 0 aliphatic carbocycles. The SMILES string of the molecule is O=C(Cl)Cl.O=[N+]([O-])[O-].[K+]. The second-order valence-electron chi connectivity index (χ2n) is 0.449. The fourth-order valence-corrected chi connectivity index (χ4v) is 0. The smallest absolute Gasteiger partial charge is 0.356 e. The van der Waals surface area contributed by atoms with Crippen LogP contribution in [0.15, 0.2) is 0 Å². The van der Waals surface area contributed by atoms with Crippen molar-refractivity contribution in [3.63, 3.8) is 0 Å². The molecule has 0 spiro atoms. The van der Waals surface area contributed by atoms with Gasteiger partial charge in [0.2, 0.25) is 0 Å². The molecule has 0 radical (unpaired) electrons. The molecule has 0 N–H and O–H groups in total. The van der Waals surface area contributed by atoms with Crippen LogP contribution in [0.1, 0.15) is 0 Å². The zero-order valence-corrected chi connectivity index (χ0v) is 8.97. The summed E-state index contributed by atoms with van der Waals surface area (Å²) in [6.07, 6.45) is 0. The summed E-state index contributed by atoms with van der Waals surface area (Å²) in [5.41, 5.74) is 0. The van der Waals surface area contributed by atoms with Crippen LogP contribution in [-0.2, 0) is 0 Å². The quantitative estimate of drug-likeness (QED) is 0.203. The summed E-state index contributed by atoms with van der Waals surface area (Å²) in [7, 11) is 0. The molecule has 0 saturated carbocycles. The van der Waals surface area contributed by atoms with Crippen LogP contribution in [-0.4, -0.2) is 9.79 Å². The number of nitrogens with zero attached hydrogens (tertiary/aromatic N) is 1. The first-order valence-electron chi connectivity index (χ1n) is 1.13. The minimum absolute atomic E-state index is 0. The zero-order valence-electron chi connectivity index (χ0n) is 4.34. The Morgan fingerprint density at radius 1 is 1.33 bits per heavy atom. The molecule has 48 valence electrons. The van der Waals surface area contributed by atoms with Gasteiger partial charge >= 0.3 is 56.1 Å². The molecule has 0 heterocycles. The van der Waals surface area contributed by atoms with E-state index in [0.717, 1.165) is 0 Å². The molecule has 5 nitrogen and oxygen atoms in total. The zero-order chi connectivity index (χ0) is 7.15. The Bertz CT molecular complexity index is 76.6. The molecule has 8 heteroatoms. The summed E-state index contributed by atoms with van der Waals surface area (Å²) in [6.45, 7) is 0. The van der Waals surface area contributed by atoms with Gasteiger partial charge in [0.05, 0.1) is 5.09 Å². The summed E-state index contributed by atoms with van der Waals surface area (Å²) in [5.74, 6) is 0. The third kappa shape index (κ3) is 387. The maximum absolute atomic E-state index is 8.98. The summed E-state index contributed by atoms with van der Waals surface area (Å²) >= 11 is 8.80. The fraction of sp³-hybridized carbons (Fsp3) is 0. The molecular formula is CCl2KNO4. The Hall–Kier alpha value is 1.09. The Morgan fingerprint density at radius 2 is 1.33 bits per heavy atom. The Morgan fingerprint density at radius 3 is 1.33 bits per heavy atom. The van der Waals surface area contributed by atoms with Crippen LogP contribution in [0.5, 0.6) is 0 Å². The van der Waals surface area contributed by atoms with Crippen molar-refractivity contribution in [2.24, 2.45) is 0 Å². The normalized spacial score (nSPS) is 5.56. The van der Waals surface area contributed by atoms with Gasteiger partial charge in [-0.1, -0.05) is 0 Å². The molecule has 0 bridgehead atoms. The predicted molar refractivity (Wildman–Crippen MR) is 27.5 cm³/mol. The van der Waals surface area contributed by atoms with E-state index in [1.807, 2.05) is 0 Å². The first kappa shape index (κ1) is 16.6. The van der Waals surface area contributed by atoms with E-state index < -0.39 is 9.79 Å². The molecule has 0 amide bonds. The summed E-state index contributed by atoms with van der Waals surface area (Å²) < 4.78 is -0.889. The van der Waals surface area contributed by atoms with Gasteiger partial charge in [0, 0.05) is 0 Å². The maximum Gasteiger partial charge on any atom is 1.00 e. The molecule has 0 fully saturated rings. The first-order chi connectivity index (χ1) is 3.46. The summed E-state index contributed by atoms with van der Waals surface area (Å²) in [5, 5.41) is 14.8. The van der Waals surface area contributed by atoms with Gasteiger partial charge in [-0.25, -0.2) is 0 Å². The number of hydrogen-bond donors (Lipinski definition) is 0. The monoisotopic (exact) mass is 199 g/mol. The van der Waals surface area contributed by atoms with Crippen LogP contribution in [0.4, 0.5) is 4.79 Å². The van der Waals surface area contributed by atoms with Gasteiger partial charge in [0.15, 0.2) is 0 Å². The molecule has 0 atom stereocenters. The van der Waals surface area contributed by atoms with Crippen molar-refractivity contribution in [3.8, 4) is 0 Å². The van der Waals surface area contributed by atoms with Gasteiger partial charge in [-0.3, -0.25) is 4.79 Å². The average molecular weight is 200 g/mol. The van der Waals surface area contributed by atoms with Crippen LogP contribution < -0.4 is 51.4 Å². The van der Waals surface area contributed by atoms with Gasteiger partial charge in [-0.05, 0) is 23.2 Å². The van der Waals surface area contributed by atoms with Gasteiger partial charge in [0.1, 0.15) is 0 Å². The fourth-order valence-electron chi connectivity index (χ4n) is 0. The van der Waals surface area contributed by atoms with Crippen molar-refractivity contribution in [2.45, 2.75) is 0 Å². The van der Waals surface area contributed by atoms with E-state index in [4.69, 9.17) is 20.1 Å². The number of carbonyl (C=O) groups is 1. The van der Waals surface area contributed by atoms with Crippen LogP contribution in [0.2, 0.25) is 0 Å². The average Bonchev–Trinajstić information content (AvgIpc) is 1.25. The number of rotatable bonds is 0. The molecule has 0 aromatic rings. The van der Waals surface area contributed by atoms with Crippen molar-refractivity contribution in [1.82, 2.24) is 0 Å². The van der Waals surface area contributed by atoms with Crippen LogP contribution in [0, 0.1) is 15.3 Å². The topological polar surface area (TPSA) is 83.3 Å². The van der Waals surface area contributed by atoms with Crippen molar-refractivity contribution in [3.05, 3.63) is 15.3 Å². The molecule has 0 aliphatic rings. The van der Waals surface area contributed by atoms with E-state index in [1.165, 1.54) is 0 Å². The summed E-state index contributed by atoms with van der Waals surface area (Å²) in [6, 6.07) is 0. The van der Waals surface area contributed by atoms with Gasteiger partial charge < -0.3 is 15.3 Å². The number of halogens is 2. The van der Waals surface area contributed by atoms with E-state index in [2.05, 4.69) is 23.2 Å². The third-order valence-corrected chi connectivity index (χ3v) is 0. The number of hydrogen-bond acceptors (Lipinski definition) is 4. The summed E-state index contributed by atoms with van der Waals surface area (Å²) in [4.78, 5) is 17.2. The Labute approximate surface area is 103 Å². The van der Waals surface area contributed by atoms with Gasteiger partial charge in [0.25, 0.3) is 0 Å². The molecule has 9 heavy (non-hydrogen) atoms. The molecule has 0 saturated heterocycles. The van der Waals surface area contributed by atoms with E-state index in [0.29, 0.717) is 0 Å². The molecule has 0 rings (SSSR count). The van der Waals surface area contributed by atoms with Crippen LogP contribution in [0.3, 0.4) is 0 Å². The van der Waals surface area contributed by atoms with Gasteiger partial charge in [-0.2, -0.15) is 0 Å². The standard InChI is InChI=1S/CCl2O.K.NO3/c2-1(3)4;;2-1(3)4/q;+1;-1. The van der Waals surface area contributed by atoms with E-state index >= 15 is 0 Å². The number of carbonyl (C=O) groups excluding carboxylic acids is 1. The maximum atomic E-state index is 8.98. The van der Waals surface area contributed by atoms with Crippen LogP contribution >= 0.6 is 23.2 Å². The first-order valence-corrected chi connectivity index (χ1v) is 1.89. The Kier molecular flexibility index (Phi) is 21.8. The molecule has 0 aliphatic heterocycles. The largest absolute Gasteiger partial charge is 1.00 e. The predicted octanol–water partition coefficient (Wildman–Crippen LogP) is -1.65. The minimum atomic E-state index is -1.75. The molecule has 0 aromatic carbocycles. The molecule has 0 unspecified atom stereocenters. The minimum Gasteiger partial charge on any atom is -0.356 e. The van der Waals surface area contributed by atoms with E-state index in [-0.39, 0.29) is 51.4 Å². The van der Waals surface area contributed by atoms with Crippen molar-refractivity contribution in [2.75, 3.05) is 0 Å². The van der Waals surface area contributed by atoms with Gasteiger partial charge in [-0.15, -0.1) is 0 Å². The van der Waals surface area contributed by atoms with E-state index in [1.54, 1.807) is 0 Å². The third-order valence-electron chi connectivity index (χ3n) is 0. The van der Waals surface area contributed by atoms with Crippen molar-refractivity contribution < 1.29 is 61.3 Å². The Balaban J connectivity index is -0.0000000720. The molecular weight excluding hydrogens is 200 g/mol. The van der Waals surface area contributed by atoms with Crippen molar-refractivity contribution in [1.29, 1.82) is 0 Å². The molecule has 0 aromatic heterocycles. The van der Waals surface area contributed by atoms with Crippen molar-refractivity contribution >= 4 is 27.9 Å². The van der Waals surface area contributed by atoms with Crippen LogP contribution in [0.25, 0.3) is 0 Å². The second-order valence-corrected chi connectivity index (χ2v) is 1.33. The second kappa shape index (κ2) is 11.8. The van der Waals surface area contributed by atoms with E-state index in [9.17, 15) is 0 Å².